The third-order valence-electron chi connectivity index (χ3n) is 2.87. The molecule has 0 spiro atoms. The lowest BCUT2D eigenvalue weighted by molar-refractivity contribution is 0.155. The Morgan fingerprint density at radius 1 is 1.47 bits per heavy atom. The van der Waals surface area contributed by atoms with Crippen molar-refractivity contribution in [2.45, 2.75) is 32.9 Å². The zero-order chi connectivity index (χ0) is 11.5. The highest BCUT2D eigenvalue weighted by molar-refractivity contribution is 5.85. The minimum atomic E-state index is 0. The Hall–Kier alpha value is -0.650. The summed E-state index contributed by atoms with van der Waals surface area (Å²) >= 11 is 0. The molecule has 1 aliphatic heterocycles. The summed E-state index contributed by atoms with van der Waals surface area (Å²) in [6, 6.07) is 0.612. The van der Waals surface area contributed by atoms with Crippen molar-refractivity contribution in [3.05, 3.63) is 11.7 Å². The lowest BCUT2D eigenvalue weighted by atomic mass is 10.1. The quantitative estimate of drug-likeness (QED) is 0.859. The molecule has 1 saturated heterocycles. The average Bonchev–Trinajstić information content (AvgIpc) is 2.47. The highest BCUT2D eigenvalue weighted by Crippen LogP contribution is 2.09. The molecule has 0 unspecified atom stereocenters. The van der Waals surface area contributed by atoms with Gasteiger partial charge in [0.1, 0.15) is 0 Å². The fourth-order valence-electron chi connectivity index (χ4n) is 1.73. The van der Waals surface area contributed by atoms with Crippen LogP contribution in [0.25, 0.3) is 0 Å². The Kier molecular flexibility index (Phi) is 5.36. The first-order valence-electron chi connectivity index (χ1n) is 5.87. The van der Waals surface area contributed by atoms with Crippen LogP contribution in [0.5, 0.6) is 0 Å². The van der Waals surface area contributed by atoms with Gasteiger partial charge in [0.2, 0.25) is 5.89 Å². The Bertz CT molecular complexity index is 338. The maximum absolute atomic E-state index is 5.23. The third kappa shape index (κ3) is 3.94. The second-order valence-electron chi connectivity index (χ2n) is 4.93. The van der Waals surface area contributed by atoms with Crippen molar-refractivity contribution in [1.82, 2.24) is 20.4 Å². The van der Waals surface area contributed by atoms with E-state index in [1.54, 1.807) is 0 Å². The van der Waals surface area contributed by atoms with Crippen LogP contribution in [0.4, 0.5) is 0 Å². The summed E-state index contributed by atoms with van der Waals surface area (Å²) in [6.45, 7) is 7.18. The van der Waals surface area contributed by atoms with Gasteiger partial charge in [0.05, 0.1) is 6.54 Å². The number of rotatable bonds is 5. The summed E-state index contributed by atoms with van der Waals surface area (Å²) in [5.74, 6) is 2.12. The maximum atomic E-state index is 5.23. The largest absolute Gasteiger partial charge is 0.338 e. The third-order valence-corrected chi connectivity index (χ3v) is 2.87. The summed E-state index contributed by atoms with van der Waals surface area (Å²) in [7, 11) is 2.10. The van der Waals surface area contributed by atoms with Crippen LogP contribution in [0, 0.1) is 5.92 Å². The molecule has 98 valence electrons. The topological polar surface area (TPSA) is 54.2 Å². The molecule has 1 aromatic heterocycles. The number of aromatic nitrogens is 2. The number of hydrogen-bond donors (Lipinski definition) is 1. The summed E-state index contributed by atoms with van der Waals surface area (Å²) in [4.78, 5) is 6.64. The molecule has 17 heavy (non-hydrogen) atoms. The summed E-state index contributed by atoms with van der Waals surface area (Å²) < 4.78 is 5.23. The number of nitrogens with one attached hydrogen (secondary N) is 1. The van der Waals surface area contributed by atoms with Crippen LogP contribution in [0.15, 0.2) is 4.52 Å². The molecule has 2 rings (SSSR count). The van der Waals surface area contributed by atoms with Crippen molar-refractivity contribution in [2.24, 2.45) is 5.92 Å². The predicted molar refractivity (Wildman–Crippen MR) is 68.2 cm³/mol. The van der Waals surface area contributed by atoms with E-state index in [0.29, 0.717) is 12.0 Å². The van der Waals surface area contributed by atoms with E-state index in [1.807, 2.05) is 0 Å². The van der Waals surface area contributed by atoms with Crippen LogP contribution in [0.1, 0.15) is 25.6 Å². The monoisotopic (exact) mass is 260 g/mol. The first kappa shape index (κ1) is 14.4. The van der Waals surface area contributed by atoms with E-state index in [0.717, 1.165) is 37.8 Å². The molecule has 0 atom stereocenters. The van der Waals surface area contributed by atoms with E-state index in [2.05, 4.69) is 41.3 Å². The van der Waals surface area contributed by atoms with Crippen LogP contribution in [0.3, 0.4) is 0 Å². The van der Waals surface area contributed by atoms with Crippen molar-refractivity contribution >= 4 is 12.4 Å². The molecule has 0 amide bonds. The van der Waals surface area contributed by atoms with Gasteiger partial charge in [-0.05, 0) is 13.0 Å². The predicted octanol–water partition coefficient (Wildman–Crippen LogP) is 1.09. The van der Waals surface area contributed by atoms with E-state index in [4.69, 9.17) is 4.52 Å². The van der Waals surface area contributed by atoms with Crippen LogP contribution in [-0.4, -0.2) is 41.2 Å². The van der Waals surface area contributed by atoms with Crippen LogP contribution in [-0.2, 0) is 13.0 Å². The van der Waals surface area contributed by atoms with E-state index in [9.17, 15) is 0 Å². The first-order valence-corrected chi connectivity index (χ1v) is 5.87. The van der Waals surface area contributed by atoms with Crippen LogP contribution < -0.4 is 5.32 Å². The van der Waals surface area contributed by atoms with Gasteiger partial charge in [-0.1, -0.05) is 19.0 Å². The molecular weight excluding hydrogens is 240 g/mol. The number of halogens is 1. The Balaban J connectivity index is 0.00000144. The number of likely N-dealkylation sites (N-methyl/N-ethyl adjacent to an activating group) is 1. The molecule has 1 aliphatic rings. The molecule has 5 nitrogen and oxygen atoms in total. The molecule has 0 saturated carbocycles. The molecular formula is C11H21ClN4O. The fraction of sp³-hybridized carbons (Fsp3) is 0.818. The lowest BCUT2D eigenvalue weighted by Crippen LogP contribution is -2.55. The van der Waals surface area contributed by atoms with Gasteiger partial charge in [-0.25, -0.2) is 0 Å². The Morgan fingerprint density at radius 3 is 2.71 bits per heavy atom. The van der Waals surface area contributed by atoms with Gasteiger partial charge in [-0.15, -0.1) is 12.4 Å². The number of hydrogen-bond acceptors (Lipinski definition) is 5. The average molecular weight is 261 g/mol. The number of nitrogens with zero attached hydrogens (tertiary/aromatic N) is 3. The Labute approximate surface area is 108 Å². The Morgan fingerprint density at radius 2 is 2.18 bits per heavy atom. The van der Waals surface area contributed by atoms with Crippen LogP contribution >= 0.6 is 12.4 Å². The maximum Gasteiger partial charge on any atom is 0.240 e. The van der Waals surface area contributed by atoms with E-state index in [-0.39, 0.29) is 12.4 Å². The normalized spacial score (nSPS) is 16.1. The highest BCUT2D eigenvalue weighted by atomic mass is 35.5. The van der Waals surface area contributed by atoms with E-state index in [1.165, 1.54) is 0 Å². The molecule has 1 fully saturated rings. The smallest absolute Gasteiger partial charge is 0.240 e. The van der Waals surface area contributed by atoms with Gasteiger partial charge in [0, 0.05) is 25.6 Å². The zero-order valence-electron chi connectivity index (χ0n) is 10.6. The standard InChI is InChI=1S/C11H20N4O.ClH/c1-8(2)4-10-13-11(16-14-10)7-15(3)9-5-12-6-9;/h8-9,12H,4-7H2,1-3H3;1H. The van der Waals surface area contributed by atoms with Gasteiger partial charge in [-0.2, -0.15) is 4.98 Å². The zero-order valence-corrected chi connectivity index (χ0v) is 11.5. The first-order chi connectivity index (χ1) is 7.65. The van der Waals surface area contributed by atoms with Gasteiger partial charge in [-0.3, -0.25) is 4.90 Å². The SMILES string of the molecule is CC(C)Cc1noc(CN(C)C2CNC2)n1.Cl. The van der Waals surface area contributed by atoms with Crippen molar-refractivity contribution in [3.8, 4) is 0 Å². The van der Waals surface area contributed by atoms with E-state index < -0.39 is 0 Å². The second kappa shape index (κ2) is 6.33. The highest BCUT2D eigenvalue weighted by Gasteiger charge is 2.22. The molecule has 0 aromatic carbocycles. The van der Waals surface area contributed by atoms with Crippen molar-refractivity contribution in [1.29, 1.82) is 0 Å². The van der Waals surface area contributed by atoms with Crippen molar-refractivity contribution in [3.63, 3.8) is 0 Å². The van der Waals surface area contributed by atoms with Crippen LogP contribution in [0.2, 0.25) is 0 Å². The molecule has 0 bridgehead atoms. The molecule has 6 heteroatoms. The lowest BCUT2D eigenvalue weighted by Gasteiger charge is -2.34. The molecule has 0 aliphatic carbocycles. The van der Waals surface area contributed by atoms with Crippen molar-refractivity contribution < 1.29 is 4.52 Å². The van der Waals surface area contributed by atoms with Crippen molar-refractivity contribution in [2.75, 3.05) is 20.1 Å². The second-order valence-corrected chi connectivity index (χ2v) is 4.93. The summed E-state index contributed by atoms with van der Waals surface area (Å²) in [6.07, 6.45) is 0.887. The summed E-state index contributed by atoms with van der Waals surface area (Å²) in [5, 5.41) is 7.24. The minimum absolute atomic E-state index is 0. The van der Waals surface area contributed by atoms with E-state index >= 15 is 0 Å². The molecule has 1 aromatic rings. The minimum Gasteiger partial charge on any atom is -0.338 e. The van der Waals surface area contributed by atoms with Gasteiger partial charge in [0.15, 0.2) is 5.82 Å². The van der Waals surface area contributed by atoms with Gasteiger partial charge in [0.25, 0.3) is 0 Å². The van der Waals surface area contributed by atoms with Gasteiger partial charge >= 0.3 is 0 Å². The molecule has 2 heterocycles. The molecule has 1 N–H and O–H groups in total. The molecule has 0 radical (unpaired) electrons. The summed E-state index contributed by atoms with van der Waals surface area (Å²) in [5.41, 5.74) is 0. The van der Waals surface area contributed by atoms with Gasteiger partial charge < -0.3 is 9.84 Å². The fourth-order valence-corrected chi connectivity index (χ4v) is 1.73.